The Hall–Kier alpha value is -1.96. The summed E-state index contributed by atoms with van der Waals surface area (Å²) >= 11 is 0. The van der Waals surface area contributed by atoms with Crippen molar-refractivity contribution in [2.24, 2.45) is 0 Å². The largest absolute Gasteiger partial charge is 0.368 e. The van der Waals surface area contributed by atoms with Crippen molar-refractivity contribution in [3.05, 3.63) is 72.2 Å². The third kappa shape index (κ3) is 3.02. The minimum Gasteiger partial charge on any atom is -0.368 e. The van der Waals surface area contributed by atoms with Crippen LogP contribution in [0, 0.1) is 0 Å². The molecule has 2 heteroatoms. The molecule has 1 aliphatic rings. The topological polar surface area (TPSA) is 24.1 Å². The molecule has 2 N–H and O–H groups in total. The highest BCUT2D eigenvalue weighted by Crippen LogP contribution is 1.99. The van der Waals surface area contributed by atoms with E-state index in [0.717, 1.165) is 12.4 Å². The summed E-state index contributed by atoms with van der Waals surface area (Å²) in [6.45, 7) is 0.835. The van der Waals surface area contributed by atoms with Gasteiger partial charge in [-0.1, -0.05) is 42.5 Å². The molecule has 76 valence electrons. The molecule has 0 unspecified atom stereocenters. The maximum Gasteiger partial charge on any atom is 0.103 e. The molecule has 0 aromatic heterocycles. The molecule has 0 saturated carbocycles. The van der Waals surface area contributed by atoms with E-state index in [0.29, 0.717) is 0 Å². The fraction of sp³-hybridized carbons (Fsp3) is 0.0769. The third-order valence-electron chi connectivity index (χ3n) is 2.15. The Kier molecular flexibility index (Phi) is 3.23. The summed E-state index contributed by atoms with van der Waals surface area (Å²) in [5.41, 5.74) is 1.28. The molecular formula is C13H14N2. The van der Waals surface area contributed by atoms with E-state index < -0.39 is 0 Å². The SMILES string of the molecule is C1=CC=C(NCc2ccccc2)NC=C1. The van der Waals surface area contributed by atoms with Crippen LogP contribution in [0.3, 0.4) is 0 Å². The summed E-state index contributed by atoms with van der Waals surface area (Å²) in [5.74, 6) is 1.02. The Morgan fingerprint density at radius 2 is 1.87 bits per heavy atom. The first-order valence-electron chi connectivity index (χ1n) is 5.03. The smallest absolute Gasteiger partial charge is 0.103 e. The van der Waals surface area contributed by atoms with E-state index in [1.54, 1.807) is 0 Å². The molecule has 15 heavy (non-hydrogen) atoms. The van der Waals surface area contributed by atoms with Crippen LogP contribution in [-0.4, -0.2) is 0 Å². The lowest BCUT2D eigenvalue weighted by atomic mass is 10.2. The highest BCUT2D eigenvalue weighted by Gasteiger charge is 1.94. The average molecular weight is 198 g/mol. The lowest BCUT2D eigenvalue weighted by Gasteiger charge is -2.09. The van der Waals surface area contributed by atoms with Gasteiger partial charge in [0.2, 0.25) is 0 Å². The van der Waals surface area contributed by atoms with Crippen LogP contribution in [0.1, 0.15) is 5.56 Å². The molecule has 1 aromatic carbocycles. The maximum absolute atomic E-state index is 3.33. The van der Waals surface area contributed by atoms with Crippen LogP contribution >= 0.6 is 0 Å². The molecule has 2 nitrogen and oxygen atoms in total. The third-order valence-corrected chi connectivity index (χ3v) is 2.15. The normalized spacial score (nSPS) is 14.0. The van der Waals surface area contributed by atoms with Crippen molar-refractivity contribution < 1.29 is 0 Å². The molecule has 1 aliphatic heterocycles. The minimum absolute atomic E-state index is 0.835. The van der Waals surface area contributed by atoms with E-state index in [9.17, 15) is 0 Å². The summed E-state index contributed by atoms with van der Waals surface area (Å²) in [7, 11) is 0. The van der Waals surface area contributed by atoms with Crippen molar-refractivity contribution in [2.75, 3.05) is 0 Å². The van der Waals surface area contributed by atoms with Gasteiger partial charge < -0.3 is 10.6 Å². The molecule has 0 bridgehead atoms. The number of allylic oxidation sites excluding steroid dienone is 4. The van der Waals surface area contributed by atoms with Crippen molar-refractivity contribution >= 4 is 0 Å². The standard InChI is InChI=1S/C13H14N2/c1-3-7-12(8-4-1)11-15-13-9-5-2-6-10-14-13/h1-10,14-15H,11H2. The molecule has 1 heterocycles. The van der Waals surface area contributed by atoms with Crippen LogP contribution in [-0.2, 0) is 6.54 Å². The highest BCUT2D eigenvalue weighted by molar-refractivity contribution is 5.21. The zero-order valence-electron chi connectivity index (χ0n) is 8.48. The molecule has 0 radical (unpaired) electrons. The first-order chi connectivity index (χ1) is 7.45. The molecule has 0 saturated heterocycles. The average Bonchev–Trinajstić information content (AvgIpc) is 2.56. The van der Waals surface area contributed by atoms with Crippen LogP contribution in [0.25, 0.3) is 0 Å². The predicted octanol–water partition coefficient (Wildman–Crippen LogP) is 2.29. The quantitative estimate of drug-likeness (QED) is 0.778. The number of nitrogens with one attached hydrogen (secondary N) is 2. The molecular weight excluding hydrogens is 184 g/mol. The van der Waals surface area contributed by atoms with Crippen LogP contribution in [0.2, 0.25) is 0 Å². The molecule has 1 aromatic rings. The Morgan fingerprint density at radius 3 is 2.73 bits per heavy atom. The van der Waals surface area contributed by atoms with Gasteiger partial charge in [-0.25, -0.2) is 0 Å². The first-order valence-corrected chi connectivity index (χ1v) is 5.03. The molecule has 0 amide bonds. The zero-order chi connectivity index (χ0) is 10.3. The van der Waals surface area contributed by atoms with Gasteiger partial charge in [-0.05, 0) is 17.7 Å². The zero-order valence-corrected chi connectivity index (χ0v) is 8.48. The maximum atomic E-state index is 3.33. The molecule has 2 rings (SSSR count). The van der Waals surface area contributed by atoms with Crippen molar-refractivity contribution in [3.63, 3.8) is 0 Å². The molecule has 0 fully saturated rings. The second-order valence-corrected chi connectivity index (χ2v) is 3.31. The van der Waals surface area contributed by atoms with Crippen LogP contribution in [0.15, 0.2) is 66.7 Å². The number of hydrogen-bond donors (Lipinski definition) is 2. The van der Waals surface area contributed by atoms with E-state index in [1.165, 1.54) is 5.56 Å². The van der Waals surface area contributed by atoms with Crippen LogP contribution in [0.4, 0.5) is 0 Å². The number of rotatable bonds is 3. The fourth-order valence-corrected chi connectivity index (χ4v) is 1.36. The van der Waals surface area contributed by atoms with Gasteiger partial charge in [0.15, 0.2) is 0 Å². The lowest BCUT2D eigenvalue weighted by Crippen LogP contribution is -2.21. The predicted molar refractivity (Wildman–Crippen MR) is 62.8 cm³/mol. The lowest BCUT2D eigenvalue weighted by molar-refractivity contribution is 0.755. The van der Waals surface area contributed by atoms with Gasteiger partial charge in [-0.15, -0.1) is 0 Å². The Morgan fingerprint density at radius 1 is 1.00 bits per heavy atom. The number of hydrogen-bond acceptors (Lipinski definition) is 2. The van der Waals surface area contributed by atoms with E-state index in [1.807, 2.05) is 48.7 Å². The monoisotopic (exact) mass is 198 g/mol. The Bertz CT molecular complexity index is 388. The van der Waals surface area contributed by atoms with E-state index in [2.05, 4.69) is 22.8 Å². The molecule has 0 spiro atoms. The Labute approximate surface area is 90.0 Å². The second kappa shape index (κ2) is 5.05. The highest BCUT2D eigenvalue weighted by atomic mass is 15.1. The fourth-order valence-electron chi connectivity index (χ4n) is 1.36. The van der Waals surface area contributed by atoms with Crippen molar-refractivity contribution in [1.29, 1.82) is 0 Å². The molecule has 0 aliphatic carbocycles. The van der Waals surface area contributed by atoms with Crippen molar-refractivity contribution in [2.45, 2.75) is 6.54 Å². The van der Waals surface area contributed by atoms with Crippen molar-refractivity contribution in [3.8, 4) is 0 Å². The van der Waals surface area contributed by atoms with Crippen LogP contribution < -0.4 is 10.6 Å². The van der Waals surface area contributed by atoms with Gasteiger partial charge >= 0.3 is 0 Å². The van der Waals surface area contributed by atoms with Gasteiger partial charge in [0, 0.05) is 12.7 Å². The first kappa shape index (κ1) is 9.59. The number of benzene rings is 1. The van der Waals surface area contributed by atoms with Gasteiger partial charge in [0.1, 0.15) is 5.82 Å². The van der Waals surface area contributed by atoms with E-state index in [4.69, 9.17) is 0 Å². The van der Waals surface area contributed by atoms with Gasteiger partial charge in [-0.3, -0.25) is 0 Å². The molecule has 0 atom stereocenters. The van der Waals surface area contributed by atoms with Crippen molar-refractivity contribution in [1.82, 2.24) is 10.6 Å². The Balaban J connectivity index is 1.91. The minimum atomic E-state index is 0.835. The van der Waals surface area contributed by atoms with Gasteiger partial charge in [0.25, 0.3) is 0 Å². The van der Waals surface area contributed by atoms with Gasteiger partial charge in [0.05, 0.1) is 0 Å². The van der Waals surface area contributed by atoms with E-state index in [-0.39, 0.29) is 0 Å². The van der Waals surface area contributed by atoms with E-state index >= 15 is 0 Å². The summed E-state index contributed by atoms with van der Waals surface area (Å²) in [4.78, 5) is 0. The summed E-state index contributed by atoms with van der Waals surface area (Å²) in [5, 5.41) is 6.48. The summed E-state index contributed by atoms with van der Waals surface area (Å²) in [6.07, 6.45) is 9.89. The summed E-state index contributed by atoms with van der Waals surface area (Å²) in [6, 6.07) is 10.3. The second-order valence-electron chi connectivity index (χ2n) is 3.31. The van der Waals surface area contributed by atoms with Crippen LogP contribution in [0.5, 0.6) is 0 Å². The summed E-state index contributed by atoms with van der Waals surface area (Å²) < 4.78 is 0. The van der Waals surface area contributed by atoms with Gasteiger partial charge in [-0.2, -0.15) is 0 Å².